The summed E-state index contributed by atoms with van der Waals surface area (Å²) in [7, 11) is 0. The second-order valence-electron chi connectivity index (χ2n) is 5.24. The Morgan fingerprint density at radius 3 is 2.86 bits per heavy atom. The fourth-order valence-corrected chi connectivity index (χ4v) is 4.05. The van der Waals surface area contributed by atoms with Crippen molar-refractivity contribution in [2.75, 3.05) is 11.4 Å². The number of hydrogen-bond donors (Lipinski definition) is 0. The maximum Gasteiger partial charge on any atom is 0.331 e. The van der Waals surface area contributed by atoms with E-state index in [-0.39, 0.29) is 5.97 Å². The summed E-state index contributed by atoms with van der Waals surface area (Å²) in [5, 5.41) is 4.05. The van der Waals surface area contributed by atoms with Crippen LogP contribution in [0.1, 0.15) is 18.9 Å². The van der Waals surface area contributed by atoms with E-state index < -0.39 is 0 Å². The fraction of sp³-hybridized carbons (Fsp3) is 0.176. The van der Waals surface area contributed by atoms with Gasteiger partial charge in [0.15, 0.2) is 0 Å². The van der Waals surface area contributed by atoms with Crippen LogP contribution in [-0.2, 0) is 9.63 Å². The molecule has 5 heteroatoms. The van der Waals surface area contributed by atoms with Gasteiger partial charge >= 0.3 is 5.97 Å². The Bertz CT molecular complexity index is 801. The highest BCUT2D eigenvalue weighted by molar-refractivity contribution is 7.99. The van der Waals surface area contributed by atoms with Crippen LogP contribution in [0.3, 0.4) is 0 Å². The molecule has 0 aliphatic carbocycles. The molecule has 0 fully saturated rings. The van der Waals surface area contributed by atoms with Crippen molar-refractivity contribution >= 4 is 34.8 Å². The number of hydrogen-bond acceptors (Lipinski definition) is 5. The van der Waals surface area contributed by atoms with Crippen LogP contribution < -0.4 is 4.90 Å². The molecular weight excluding hydrogens is 296 g/mol. The molecule has 110 valence electrons. The quantitative estimate of drug-likeness (QED) is 0.590. The molecule has 0 aromatic heterocycles. The van der Waals surface area contributed by atoms with Crippen LogP contribution in [0, 0.1) is 0 Å². The van der Waals surface area contributed by atoms with E-state index in [0.29, 0.717) is 0 Å². The minimum Gasteiger partial charge on any atom is -0.339 e. The number of fused-ring (bicyclic) bond motifs is 2. The minimum absolute atomic E-state index is 0.389. The average Bonchev–Trinajstić information content (AvgIpc) is 2.54. The average molecular weight is 310 g/mol. The van der Waals surface area contributed by atoms with E-state index in [4.69, 9.17) is 4.84 Å². The normalized spacial score (nSPS) is 17.0. The van der Waals surface area contributed by atoms with Crippen molar-refractivity contribution in [3.63, 3.8) is 0 Å². The summed E-state index contributed by atoms with van der Waals surface area (Å²) in [6.07, 6.45) is 0.753. The molecule has 0 N–H and O–H groups in total. The molecule has 4 nitrogen and oxygen atoms in total. The first-order chi connectivity index (χ1) is 10.7. The van der Waals surface area contributed by atoms with Gasteiger partial charge in [-0.15, -0.1) is 0 Å². The van der Waals surface area contributed by atoms with Crippen LogP contribution in [0.4, 0.5) is 11.4 Å². The lowest BCUT2D eigenvalue weighted by molar-refractivity contribution is -0.140. The van der Waals surface area contributed by atoms with E-state index in [1.54, 1.807) is 11.8 Å². The Morgan fingerprint density at radius 2 is 2.00 bits per heavy atom. The van der Waals surface area contributed by atoms with Gasteiger partial charge in [-0.3, -0.25) is 0 Å². The second-order valence-corrected chi connectivity index (χ2v) is 6.33. The molecule has 2 aromatic carbocycles. The summed E-state index contributed by atoms with van der Waals surface area (Å²) >= 11 is 1.77. The van der Waals surface area contributed by atoms with Crippen LogP contribution in [0.5, 0.6) is 0 Å². The predicted molar refractivity (Wildman–Crippen MR) is 86.9 cm³/mol. The highest BCUT2D eigenvalue weighted by Gasteiger charge is 2.30. The molecule has 0 saturated heterocycles. The van der Waals surface area contributed by atoms with Gasteiger partial charge in [-0.25, -0.2) is 4.79 Å². The van der Waals surface area contributed by atoms with E-state index >= 15 is 0 Å². The summed E-state index contributed by atoms with van der Waals surface area (Å²) in [5.74, 6) is -0.389. The zero-order valence-electron chi connectivity index (χ0n) is 12.1. The predicted octanol–water partition coefficient (Wildman–Crippen LogP) is 3.96. The van der Waals surface area contributed by atoms with Gasteiger partial charge in [-0.1, -0.05) is 41.2 Å². The summed E-state index contributed by atoms with van der Waals surface area (Å²) in [5.41, 5.74) is 4.29. The van der Waals surface area contributed by atoms with E-state index in [1.807, 2.05) is 12.1 Å². The van der Waals surface area contributed by atoms with Crippen molar-refractivity contribution in [3.8, 4) is 0 Å². The smallest absolute Gasteiger partial charge is 0.331 e. The Balaban J connectivity index is 1.84. The highest BCUT2D eigenvalue weighted by Crippen LogP contribution is 2.50. The molecule has 0 amide bonds. The van der Waals surface area contributed by atoms with Crippen LogP contribution in [0.25, 0.3) is 0 Å². The summed E-state index contributed by atoms with van der Waals surface area (Å²) in [6.45, 7) is 2.20. The van der Waals surface area contributed by atoms with Gasteiger partial charge in [0.2, 0.25) is 0 Å². The fourth-order valence-electron chi connectivity index (χ4n) is 2.92. The van der Waals surface area contributed by atoms with Gasteiger partial charge in [0.25, 0.3) is 0 Å². The standard InChI is InChI=1S/C17H14N2O2S/c1-11(20)21-18-13-9-10-19-14-6-2-3-7-15(14)22-16-8-4-5-12(13)17(16)19/h2-8H,9-10H2,1H3/b18-13+. The Kier molecular flexibility index (Phi) is 3.15. The lowest BCUT2D eigenvalue weighted by Gasteiger charge is -2.37. The van der Waals surface area contributed by atoms with Crippen molar-refractivity contribution in [2.24, 2.45) is 5.16 Å². The number of benzene rings is 2. The topological polar surface area (TPSA) is 41.9 Å². The van der Waals surface area contributed by atoms with Crippen molar-refractivity contribution in [1.82, 2.24) is 0 Å². The molecule has 0 atom stereocenters. The molecule has 0 spiro atoms. The van der Waals surface area contributed by atoms with Crippen LogP contribution >= 0.6 is 11.8 Å². The maximum absolute atomic E-state index is 11.0. The van der Waals surface area contributed by atoms with Gasteiger partial charge in [0, 0.05) is 35.2 Å². The molecule has 2 aliphatic heterocycles. The third-order valence-corrected chi connectivity index (χ3v) is 4.93. The summed E-state index contributed by atoms with van der Waals surface area (Å²) in [4.78, 5) is 20.7. The van der Waals surface area contributed by atoms with E-state index in [0.717, 1.165) is 24.2 Å². The molecular formula is C17H14N2O2S. The molecule has 0 saturated carbocycles. The Morgan fingerprint density at radius 1 is 1.18 bits per heavy atom. The van der Waals surface area contributed by atoms with Gasteiger partial charge in [0.1, 0.15) is 0 Å². The number of oxime groups is 1. The minimum atomic E-state index is -0.389. The van der Waals surface area contributed by atoms with Crippen molar-refractivity contribution in [3.05, 3.63) is 48.0 Å². The number of nitrogens with zero attached hydrogens (tertiary/aromatic N) is 2. The molecule has 2 heterocycles. The number of para-hydroxylation sites is 2. The van der Waals surface area contributed by atoms with Gasteiger partial charge in [0.05, 0.1) is 17.1 Å². The Labute approximate surface area is 132 Å². The molecule has 0 unspecified atom stereocenters. The molecule has 22 heavy (non-hydrogen) atoms. The first kappa shape index (κ1) is 13.4. The van der Waals surface area contributed by atoms with E-state index in [9.17, 15) is 4.79 Å². The largest absolute Gasteiger partial charge is 0.339 e. The molecule has 4 rings (SSSR count). The van der Waals surface area contributed by atoms with Gasteiger partial charge in [-0.2, -0.15) is 0 Å². The lowest BCUT2D eigenvalue weighted by Crippen LogP contribution is -2.31. The van der Waals surface area contributed by atoms with Crippen molar-refractivity contribution < 1.29 is 9.63 Å². The molecule has 2 aromatic rings. The molecule has 2 aliphatic rings. The number of carbonyl (C=O) groups excluding carboxylic acids is 1. The second kappa shape index (κ2) is 5.18. The van der Waals surface area contributed by atoms with E-state index in [2.05, 4.69) is 40.4 Å². The summed E-state index contributed by atoms with van der Waals surface area (Å²) < 4.78 is 0. The zero-order chi connectivity index (χ0) is 15.1. The number of carbonyl (C=O) groups is 1. The first-order valence-corrected chi connectivity index (χ1v) is 7.98. The SMILES string of the molecule is CC(=O)O/N=C1\CCN2c3ccccc3Sc3cccc1c32. The van der Waals surface area contributed by atoms with Crippen molar-refractivity contribution in [1.29, 1.82) is 0 Å². The molecule has 0 bridgehead atoms. The van der Waals surface area contributed by atoms with Crippen LogP contribution in [-0.4, -0.2) is 18.2 Å². The zero-order valence-corrected chi connectivity index (χ0v) is 12.9. The Hall–Kier alpha value is -2.27. The molecule has 0 radical (unpaired) electrons. The van der Waals surface area contributed by atoms with E-state index in [1.165, 1.54) is 28.1 Å². The van der Waals surface area contributed by atoms with Gasteiger partial charge < -0.3 is 9.74 Å². The number of rotatable bonds is 1. The third-order valence-electron chi connectivity index (χ3n) is 3.81. The summed E-state index contributed by atoms with van der Waals surface area (Å²) in [6, 6.07) is 14.6. The first-order valence-electron chi connectivity index (χ1n) is 7.16. The maximum atomic E-state index is 11.0. The van der Waals surface area contributed by atoms with Crippen LogP contribution in [0.15, 0.2) is 57.4 Å². The monoisotopic (exact) mass is 310 g/mol. The third kappa shape index (κ3) is 2.09. The van der Waals surface area contributed by atoms with Crippen LogP contribution in [0.2, 0.25) is 0 Å². The number of anilines is 2. The van der Waals surface area contributed by atoms with Crippen molar-refractivity contribution in [2.45, 2.75) is 23.1 Å². The van der Waals surface area contributed by atoms with Gasteiger partial charge in [-0.05, 0) is 18.2 Å². The highest BCUT2D eigenvalue weighted by atomic mass is 32.2. The lowest BCUT2D eigenvalue weighted by atomic mass is 9.98.